The minimum absolute atomic E-state index is 0.207. The smallest absolute Gasteiger partial charge is 0.223 e. The zero-order valence-electron chi connectivity index (χ0n) is 10.2. The summed E-state index contributed by atoms with van der Waals surface area (Å²) in [6.45, 7) is 6.56. The average molecular weight is 256 g/mol. The summed E-state index contributed by atoms with van der Waals surface area (Å²) >= 11 is 5.83. The first kappa shape index (κ1) is 12.4. The van der Waals surface area contributed by atoms with Gasteiger partial charge in [0.25, 0.3) is 0 Å². The molecule has 1 fully saturated rings. The molecule has 2 heterocycles. The zero-order chi connectivity index (χ0) is 12.4. The highest BCUT2D eigenvalue weighted by Gasteiger charge is 2.24. The van der Waals surface area contributed by atoms with E-state index in [2.05, 4.69) is 34.0 Å². The van der Waals surface area contributed by atoms with E-state index < -0.39 is 0 Å². The highest BCUT2D eigenvalue weighted by Crippen LogP contribution is 2.18. The van der Waals surface area contributed by atoms with Crippen LogP contribution in [-0.4, -0.2) is 40.0 Å². The van der Waals surface area contributed by atoms with Crippen LogP contribution in [0.5, 0.6) is 0 Å². The van der Waals surface area contributed by atoms with Crippen LogP contribution in [0.2, 0.25) is 5.15 Å². The Balaban J connectivity index is 1.98. The van der Waals surface area contributed by atoms with E-state index in [1.54, 1.807) is 6.07 Å². The Kier molecular flexibility index (Phi) is 3.69. The predicted octanol–water partition coefficient (Wildman–Crippen LogP) is 1.61. The van der Waals surface area contributed by atoms with Crippen molar-refractivity contribution in [2.24, 2.45) is 0 Å². The number of nitrogens with zero attached hydrogens (tertiary/aromatic N) is 3. The van der Waals surface area contributed by atoms with E-state index in [1.807, 2.05) is 0 Å². The van der Waals surface area contributed by atoms with Crippen molar-refractivity contribution in [1.29, 1.82) is 0 Å². The normalized spacial score (nSPS) is 21.1. The van der Waals surface area contributed by atoms with Crippen LogP contribution in [0, 0.1) is 0 Å². The van der Waals surface area contributed by atoms with Crippen molar-refractivity contribution in [1.82, 2.24) is 14.9 Å². The minimum atomic E-state index is 0.207. The van der Waals surface area contributed by atoms with Crippen LogP contribution < -0.4 is 11.1 Å². The second-order valence-electron chi connectivity index (χ2n) is 4.65. The van der Waals surface area contributed by atoms with Gasteiger partial charge in [0.2, 0.25) is 5.95 Å². The summed E-state index contributed by atoms with van der Waals surface area (Å²) in [7, 11) is 0. The summed E-state index contributed by atoms with van der Waals surface area (Å²) in [5.41, 5.74) is 5.55. The molecule has 0 saturated carbocycles. The summed E-state index contributed by atoms with van der Waals surface area (Å²) in [5, 5.41) is 3.72. The largest absolute Gasteiger partial charge is 0.368 e. The summed E-state index contributed by atoms with van der Waals surface area (Å²) in [6, 6.07) is 2.69. The minimum Gasteiger partial charge on any atom is -0.368 e. The van der Waals surface area contributed by atoms with Gasteiger partial charge < -0.3 is 11.1 Å². The van der Waals surface area contributed by atoms with Gasteiger partial charge in [0.15, 0.2) is 0 Å². The molecule has 0 aromatic carbocycles. The average Bonchev–Trinajstić information content (AvgIpc) is 2.64. The van der Waals surface area contributed by atoms with Crippen molar-refractivity contribution in [2.75, 3.05) is 24.1 Å². The van der Waals surface area contributed by atoms with Crippen molar-refractivity contribution in [3.63, 3.8) is 0 Å². The molecule has 1 atom stereocenters. The van der Waals surface area contributed by atoms with Gasteiger partial charge >= 0.3 is 0 Å². The quantitative estimate of drug-likeness (QED) is 0.804. The third kappa shape index (κ3) is 3.20. The number of rotatable bonds is 3. The van der Waals surface area contributed by atoms with Crippen molar-refractivity contribution in [3.05, 3.63) is 11.2 Å². The summed E-state index contributed by atoms with van der Waals surface area (Å²) in [6.07, 6.45) is 1.11. The molecule has 94 valence electrons. The molecule has 0 bridgehead atoms. The van der Waals surface area contributed by atoms with E-state index >= 15 is 0 Å². The molecule has 1 aromatic rings. The maximum Gasteiger partial charge on any atom is 0.223 e. The SMILES string of the molecule is CC(C)N1CCC(Nc2cc(Cl)nc(N)n2)C1. The van der Waals surface area contributed by atoms with E-state index in [0.717, 1.165) is 19.5 Å². The molecular weight excluding hydrogens is 238 g/mol. The van der Waals surface area contributed by atoms with Gasteiger partial charge in [-0.15, -0.1) is 0 Å². The molecule has 1 aromatic heterocycles. The first-order valence-electron chi connectivity index (χ1n) is 5.85. The molecule has 6 heteroatoms. The van der Waals surface area contributed by atoms with Gasteiger partial charge in [0.05, 0.1) is 0 Å². The molecule has 1 aliphatic heterocycles. The Morgan fingerprint density at radius 1 is 1.53 bits per heavy atom. The number of anilines is 2. The highest BCUT2D eigenvalue weighted by molar-refractivity contribution is 6.29. The summed E-state index contributed by atoms with van der Waals surface area (Å²) in [4.78, 5) is 10.4. The van der Waals surface area contributed by atoms with Crippen molar-refractivity contribution in [3.8, 4) is 0 Å². The number of nitrogen functional groups attached to an aromatic ring is 1. The van der Waals surface area contributed by atoms with E-state index in [0.29, 0.717) is 23.1 Å². The monoisotopic (exact) mass is 255 g/mol. The number of halogens is 1. The van der Waals surface area contributed by atoms with Crippen LogP contribution in [0.25, 0.3) is 0 Å². The second kappa shape index (κ2) is 5.06. The highest BCUT2D eigenvalue weighted by atomic mass is 35.5. The lowest BCUT2D eigenvalue weighted by Crippen LogP contribution is -2.31. The fourth-order valence-electron chi connectivity index (χ4n) is 2.09. The van der Waals surface area contributed by atoms with E-state index in [4.69, 9.17) is 17.3 Å². The standard InChI is InChI=1S/C11H18ClN5/c1-7(2)17-4-3-8(6-17)14-10-5-9(12)15-11(13)16-10/h5,7-8H,3-4,6H2,1-2H3,(H3,13,14,15,16). The predicted molar refractivity (Wildman–Crippen MR) is 70.2 cm³/mol. The molecule has 0 aliphatic carbocycles. The van der Waals surface area contributed by atoms with E-state index in [9.17, 15) is 0 Å². The Morgan fingerprint density at radius 3 is 2.88 bits per heavy atom. The molecule has 5 nitrogen and oxygen atoms in total. The van der Waals surface area contributed by atoms with Crippen molar-refractivity contribution < 1.29 is 0 Å². The molecule has 17 heavy (non-hydrogen) atoms. The summed E-state index contributed by atoms with van der Waals surface area (Å²) in [5.74, 6) is 0.914. The fourth-order valence-corrected chi connectivity index (χ4v) is 2.28. The van der Waals surface area contributed by atoms with Gasteiger partial charge in [-0.1, -0.05) is 11.6 Å². The van der Waals surface area contributed by atoms with Crippen LogP contribution in [0.4, 0.5) is 11.8 Å². The lowest BCUT2D eigenvalue weighted by atomic mass is 10.2. The first-order chi connectivity index (χ1) is 8.04. The number of aromatic nitrogens is 2. The Labute approximate surface area is 106 Å². The molecule has 3 N–H and O–H groups in total. The maximum absolute atomic E-state index is 5.83. The molecule has 0 spiro atoms. The molecule has 2 rings (SSSR count). The van der Waals surface area contributed by atoms with Gasteiger partial charge in [-0.25, -0.2) is 4.98 Å². The number of hydrogen-bond donors (Lipinski definition) is 2. The number of nitrogens with two attached hydrogens (primary N) is 1. The number of hydrogen-bond acceptors (Lipinski definition) is 5. The molecule has 1 aliphatic rings. The summed E-state index contributed by atoms with van der Waals surface area (Å²) < 4.78 is 0. The zero-order valence-corrected chi connectivity index (χ0v) is 10.9. The first-order valence-corrected chi connectivity index (χ1v) is 6.23. The fraction of sp³-hybridized carbons (Fsp3) is 0.636. The third-order valence-electron chi connectivity index (χ3n) is 3.01. The second-order valence-corrected chi connectivity index (χ2v) is 5.04. The lowest BCUT2D eigenvalue weighted by molar-refractivity contribution is 0.274. The lowest BCUT2D eigenvalue weighted by Gasteiger charge is -2.20. The van der Waals surface area contributed by atoms with Crippen LogP contribution >= 0.6 is 11.6 Å². The Morgan fingerprint density at radius 2 is 2.29 bits per heavy atom. The van der Waals surface area contributed by atoms with Crippen LogP contribution in [0.15, 0.2) is 6.07 Å². The number of nitrogens with one attached hydrogen (secondary N) is 1. The molecule has 1 saturated heterocycles. The van der Waals surface area contributed by atoms with Gasteiger partial charge in [-0.3, -0.25) is 4.90 Å². The Hall–Kier alpha value is -1.07. The van der Waals surface area contributed by atoms with Gasteiger partial charge in [0.1, 0.15) is 11.0 Å². The van der Waals surface area contributed by atoms with E-state index in [1.165, 1.54) is 0 Å². The molecule has 1 unspecified atom stereocenters. The van der Waals surface area contributed by atoms with Crippen molar-refractivity contribution in [2.45, 2.75) is 32.4 Å². The third-order valence-corrected chi connectivity index (χ3v) is 3.21. The number of likely N-dealkylation sites (tertiary alicyclic amines) is 1. The van der Waals surface area contributed by atoms with E-state index in [-0.39, 0.29) is 5.95 Å². The van der Waals surface area contributed by atoms with Gasteiger partial charge in [0, 0.05) is 31.2 Å². The van der Waals surface area contributed by atoms with Gasteiger partial charge in [-0.2, -0.15) is 4.98 Å². The molecule has 0 radical (unpaired) electrons. The maximum atomic E-state index is 5.83. The van der Waals surface area contributed by atoms with Crippen LogP contribution in [0.1, 0.15) is 20.3 Å². The van der Waals surface area contributed by atoms with Crippen molar-refractivity contribution >= 4 is 23.4 Å². The molecule has 0 amide bonds. The van der Waals surface area contributed by atoms with Crippen LogP contribution in [-0.2, 0) is 0 Å². The Bertz CT molecular complexity index is 375. The van der Waals surface area contributed by atoms with Crippen LogP contribution in [0.3, 0.4) is 0 Å². The van der Waals surface area contributed by atoms with Gasteiger partial charge in [-0.05, 0) is 20.3 Å². The molecular formula is C11H18ClN5. The topological polar surface area (TPSA) is 67.1 Å².